The molecule has 2 aromatic carbocycles. The van der Waals surface area contributed by atoms with Gasteiger partial charge in [-0.15, -0.1) is 0 Å². The molecule has 2 aromatic heterocycles. The zero-order valence-electron chi connectivity index (χ0n) is 13.9. The van der Waals surface area contributed by atoms with Gasteiger partial charge in [0, 0.05) is 16.7 Å². The summed E-state index contributed by atoms with van der Waals surface area (Å²) < 4.78 is 37.4. The number of hydrogen-bond acceptors (Lipinski definition) is 5. The highest BCUT2D eigenvalue weighted by molar-refractivity contribution is 7.91. The summed E-state index contributed by atoms with van der Waals surface area (Å²) in [5.41, 5.74) is 1.28. The highest BCUT2D eigenvalue weighted by Gasteiger charge is 2.38. The van der Waals surface area contributed by atoms with Gasteiger partial charge in [-0.05, 0) is 48.5 Å². The first-order valence-corrected chi connectivity index (χ1v) is 9.71. The Morgan fingerprint density at radius 3 is 2.04 bits per heavy atom. The summed E-state index contributed by atoms with van der Waals surface area (Å²) in [5, 5.41) is 0. The van der Waals surface area contributed by atoms with E-state index in [0.717, 1.165) is 0 Å². The lowest BCUT2D eigenvalue weighted by molar-refractivity contribution is 0.103. The van der Waals surface area contributed by atoms with Gasteiger partial charge in [0.05, 0.1) is 27.9 Å². The monoisotopic (exact) mass is 376 g/mol. The van der Waals surface area contributed by atoms with E-state index in [2.05, 4.69) is 0 Å². The van der Waals surface area contributed by atoms with Gasteiger partial charge in [-0.25, -0.2) is 8.42 Å². The molecule has 4 aromatic rings. The number of carbonyl (C=O) groups is 1. The van der Waals surface area contributed by atoms with Gasteiger partial charge in [0.1, 0.15) is 11.5 Å². The second-order valence-corrected chi connectivity index (χ2v) is 8.03. The number of benzene rings is 2. The molecule has 132 valence electrons. The van der Waals surface area contributed by atoms with Gasteiger partial charge in [0.2, 0.25) is 9.84 Å². The van der Waals surface area contributed by atoms with Crippen molar-refractivity contribution in [2.45, 2.75) is 9.79 Å². The van der Waals surface area contributed by atoms with E-state index in [0.29, 0.717) is 22.6 Å². The number of furan rings is 2. The van der Waals surface area contributed by atoms with Crippen molar-refractivity contribution >= 4 is 15.6 Å². The summed E-state index contributed by atoms with van der Waals surface area (Å²) in [6, 6.07) is 16.2. The van der Waals surface area contributed by atoms with E-state index in [-0.39, 0.29) is 26.7 Å². The van der Waals surface area contributed by atoms with Crippen LogP contribution in [0.2, 0.25) is 0 Å². The second kappa shape index (κ2) is 5.56. The fourth-order valence-corrected chi connectivity index (χ4v) is 5.14. The van der Waals surface area contributed by atoms with Crippen LogP contribution in [0.5, 0.6) is 0 Å². The van der Waals surface area contributed by atoms with Gasteiger partial charge >= 0.3 is 0 Å². The van der Waals surface area contributed by atoms with E-state index in [1.807, 2.05) is 0 Å². The van der Waals surface area contributed by atoms with Crippen LogP contribution in [0.15, 0.2) is 91.8 Å². The van der Waals surface area contributed by atoms with Gasteiger partial charge in [-0.2, -0.15) is 0 Å². The Labute approximate surface area is 154 Å². The highest BCUT2D eigenvalue weighted by atomic mass is 32.2. The molecule has 5 rings (SSSR count). The maximum atomic E-state index is 13.3. The van der Waals surface area contributed by atoms with Crippen LogP contribution < -0.4 is 0 Å². The molecular formula is C21H12O5S. The third kappa shape index (κ3) is 2.17. The summed E-state index contributed by atoms with van der Waals surface area (Å²) >= 11 is 0. The molecule has 0 aliphatic carbocycles. The normalized spacial score (nSPS) is 14.6. The lowest BCUT2D eigenvalue weighted by Crippen LogP contribution is -2.21. The second-order valence-electron chi connectivity index (χ2n) is 6.14. The first-order valence-electron chi connectivity index (χ1n) is 8.22. The zero-order valence-corrected chi connectivity index (χ0v) is 14.7. The summed E-state index contributed by atoms with van der Waals surface area (Å²) in [4.78, 5) is 13.3. The van der Waals surface area contributed by atoms with Crippen LogP contribution in [0, 0.1) is 0 Å². The summed E-state index contributed by atoms with van der Waals surface area (Å²) in [5.74, 6) is 0.574. The molecule has 0 radical (unpaired) electrons. The molecule has 1 aliphatic rings. The Bertz CT molecular complexity index is 1280. The molecule has 0 atom stereocenters. The number of sulfone groups is 1. The summed E-state index contributed by atoms with van der Waals surface area (Å²) in [7, 11) is -3.83. The van der Waals surface area contributed by atoms with Crippen molar-refractivity contribution in [2.75, 3.05) is 0 Å². The van der Waals surface area contributed by atoms with Crippen LogP contribution in [0.4, 0.5) is 0 Å². The van der Waals surface area contributed by atoms with Gasteiger partial charge in [-0.1, -0.05) is 12.1 Å². The van der Waals surface area contributed by atoms with Crippen molar-refractivity contribution in [2.24, 2.45) is 0 Å². The largest absolute Gasteiger partial charge is 0.464 e. The molecule has 0 bridgehead atoms. The van der Waals surface area contributed by atoms with Crippen LogP contribution in [0.3, 0.4) is 0 Å². The van der Waals surface area contributed by atoms with E-state index < -0.39 is 9.84 Å². The average molecular weight is 376 g/mol. The molecule has 0 amide bonds. The van der Waals surface area contributed by atoms with Crippen LogP contribution in [-0.2, 0) is 9.84 Å². The Morgan fingerprint density at radius 1 is 0.630 bits per heavy atom. The van der Waals surface area contributed by atoms with Gasteiger partial charge < -0.3 is 8.83 Å². The average Bonchev–Trinajstić information content (AvgIpc) is 3.39. The molecule has 0 saturated heterocycles. The number of hydrogen-bond donors (Lipinski definition) is 0. The van der Waals surface area contributed by atoms with Crippen LogP contribution in [0.1, 0.15) is 15.9 Å². The Hall–Kier alpha value is -3.38. The fourth-order valence-electron chi connectivity index (χ4n) is 3.49. The van der Waals surface area contributed by atoms with Gasteiger partial charge in [-0.3, -0.25) is 4.79 Å². The smallest absolute Gasteiger partial charge is 0.208 e. The molecule has 0 fully saturated rings. The maximum Gasteiger partial charge on any atom is 0.208 e. The minimum atomic E-state index is -3.83. The quantitative estimate of drug-likeness (QED) is 0.450. The van der Waals surface area contributed by atoms with Gasteiger partial charge in [0.25, 0.3) is 0 Å². The number of fused-ring (bicyclic) bond motifs is 2. The third-order valence-electron chi connectivity index (χ3n) is 4.66. The third-order valence-corrected chi connectivity index (χ3v) is 6.51. The fraction of sp³-hybridized carbons (Fsp3) is 0. The van der Waals surface area contributed by atoms with E-state index >= 15 is 0 Å². The molecule has 0 unspecified atom stereocenters. The molecule has 1 aliphatic heterocycles. The number of ketones is 1. The number of rotatable bonds is 2. The van der Waals surface area contributed by atoms with Crippen molar-refractivity contribution in [1.29, 1.82) is 0 Å². The maximum absolute atomic E-state index is 13.3. The van der Waals surface area contributed by atoms with Crippen molar-refractivity contribution in [3.63, 3.8) is 0 Å². The van der Waals surface area contributed by atoms with E-state index in [1.165, 1.54) is 30.7 Å². The molecule has 6 heteroatoms. The standard InChI is InChI=1S/C21H12O5S/c22-21-14-5-1-2-8-17(14)27(23,24)18-10-9-13(15-6-3-11-25-15)19(20(18)21)16-7-4-12-26-16/h1-12H. The van der Waals surface area contributed by atoms with Crippen molar-refractivity contribution < 1.29 is 22.0 Å². The van der Waals surface area contributed by atoms with E-state index in [4.69, 9.17) is 8.83 Å². The predicted molar refractivity (Wildman–Crippen MR) is 97.2 cm³/mol. The predicted octanol–water partition coefficient (Wildman–Crippen LogP) is 4.58. The highest BCUT2D eigenvalue weighted by Crippen LogP contribution is 2.44. The Morgan fingerprint density at radius 2 is 1.33 bits per heavy atom. The number of carbonyl (C=O) groups excluding carboxylic acids is 1. The molecule has 5 nitrogen and oxygen atoms in total. The SMILES string of the molecule is O=C1c2ccccc2S(=O)(=O)c2ccc(-c3ccco3)c(-c3ccco3)c21. The molecule has 0 saturated carbocycles. The summed E-state index contributed by atoms with van der Waals surface area (Å²) in [6.45, 7) is 0. The first-order chi connectivity index (χ1) is 13.1. The topological polar surface area (TPSA) is 77.5 Å². The van der Waals surface area contributed by atoms with Gasteiger partial charge in [0.15, 0.2) is 5.78 Å². The lowest BCUT2D eigenvalue weighted by Gasteiger charge is -2.22. The molecule has 3 heterocycles. The van der Waals surface area contributed by atoms with E-state index in [9.17, 15) is 13.2 Å². The Balaban J connectivity index is 1.93. The molecule has 27 heavy (non-hydrogen) atoms. The van der Waals surface area contributed by atoms with Crippen molar-refractivity contribution in [1.82, 2.24) is 0 Å². The molecule has 0 N–H and O–H groups in total. The minimum absolute atomic E-state index is 0.0205. The molecule has 0 spiro atoms. The van der Waals surface area contributed by atoms with Crippen LogP contribution in [0.25, 0.3) is 22.6 Å². The first kappa shape index (κ1) is 15.8. The van der Waals surface area contributed by atoms with E-state index in [1.54, 1.807) is 42.5 Å². The summed E-state index contributed by atoms with van der Waals surface area (Å²) in [6.07, 6.45) is 3.00. The minimum Gasteiger partial charge on any atom is -0.464 e. The van der Waals surface area contributed by atoms with Crippen LogP contribution >= 0.6 is 0 Å². The Kier molecular flexibility index (Phi) is 3.26. The van der Waals surface area contributed by atoms with Crippen molar-refractivity contribution in [3.8, 4) is 22.6 Å². The van der Waals surface area contributed by atoms with Crippen molar-refractivity contribution in [3.05, 3.63) is 84.3 Å². The molecular weight excluding hydrogens is 364 g/mol. The zero-order chi connectivity index (χ0) is 18.6. The van der Waals surface area contributed by atoms with Crippen LogP contribution in [-0.4, -0.2) is 14.2 Å². The lowest BCUT2D eigenvalue weighted by atomic mass is 9.91.